The first-order chi connectivity index (χ1) is 15.1. The highest BCUT2D eigenvalue weighted by Crippen LogP contribution is 2.43. The fraction of sp³-hybridized carbons (Fsp3) is 0.240. The Bertz CT molecular complexity index is 1240. The van der Waals surface area contributed by atoms with Crippen molar-refractivity contribution in [3.05, 3.63) is 72.7 Å². The van der Waals surface area contributed by atoms with Crippen LogP contribution in [-0.2, 0) is 11.4 Å². The number of hydrogen-bond donors (Lipinski definition) is 1. The van der Waals surface area contributed by atoms with Gasteiger partial charge in [-0.15, -0.1) is 0 Å². The Kier molecular flexibility index (Phi) is 4.90. The van der Waals surface area contributed by atoms with E-state index in [1.165, 1.54) is 6.33 Å². The second-order valence-corrected chi connectivity index (χ2v) is 8.14. The van der Waals surface area contributed by atoms with Crippen molar-refractivity contribution in [3.8, 4) is 16.9 Å². The smallest absolute Gasteiger partial charge is 0.146 e. The quantitative estimate of drug-likeness (QED) is 0.492. The Morgan fingerprint density at radius 2 is 1.94 bits per heavy atom. The lowest BCUT2D eigenvalue weighted by Crippen LogP contribution is -2.31. The van der Waals surface area contributed by atoms with Crippen LogP contribution in [0.25, 0.3) is 22.2 Å². The zero-order valence-corrected chi connectivity index (χ0v) is 17.4. The molecule has 0 unspecified atom stereocenters. The van der Waals surface area contributed by atoms with Crippen molar-refractivity contribution in [2.75, 3.05) is 5.73 Å². The lowest BCUT2D eigenvalue weighted by molar-refractivity contribution is -0.124. The number of carbonyl (C=O) groups excluding carboxylic acids is 1. The minimum atomic E-state index is 0.139. The van der Waals surface area contributed by atoms with Gasteiger partial charge in [0.1, 0.15) is 35.9 Å². The summed E-state index contributed by atoms with van der Waals surface area (Å²) in [6, 6.07) is 18.3. The summed E-state index contributed by atoms with van der Waals surface area (Å²) >= 11 is 0. The van der Waals surface area contributed by atoms with E-state index >= 15 is 0 Å². The molecule has 2 aromatic heterocycles. The largest absolute Gasteiger partial charge is 0.489 e. The summed E-state index contributed by atoms with van der Waals surface area (Å²) < 4.78 is 8.17. The van der Waals surface area contributed by atoms with Gasteiger partial charge in [-0.25, -0.2) is 9.97 Å². The third-order valence-electron chi connectivity index (χ3n) is 6.11. The normalized spacial score (nSPS) is 18.0. The number of ketones is 1. The molecule has 0 aliphatic heterocycles. The number of ether oxygens (including phenoxy) is 1. The maximum absolute atomic E-state index is 11.7. The number of hydrogen-bond acceptors (Lipinski definition) is 5. The van der Waals surface area contributed by atoms with E-state index in [1.54, 1.807) is 6.92 Å². The van der Waals surface area contributed by atoms with E-state index in [1.807, 2.05) is 54.6 Å². The zero-order valence-electron chi connectivity index (χ0n) is 17.4. The molecule has 0 saturated heterocycles. The maximum atomic E-state index is 11.7. The Morgan fingerprint density at radius 1 is 1.13 bits per heavy atom. The number of benzene rings is 2. The first kappa shape index (κ1) is 19.3. The van der Waals surface area contributed by atoms with Crippen LogP contribution in [0.4, 0.5) is 5.82 Å². The van der Waals surface area contributed by atoms with Gasteiger partial charge >= 0.3 is 0 Å². The van der Waals surface area contributed by atoms with E-state index in [0.717, 1.165) is 46.3 Å². The molecule has 6 heteroatoms. The van der Waals surface area contributed by atoms with Gasteiger partial charge in [-0.1, -0.05) is 42.5 Å². The van der Waals surface area contributed by atoms with Crippen LogP contribution in [0.2, 0.25) is 0 Å². The highest BCUT2D eigenvalue weighted by Gasteiger charge is 2.35. The van der Waals surface area contributed by atoms with Gasteiger partial charge in [0.25, 0.3) is 0 Å². The fourth-order valence-electron chi connectivity index (χ4n) is 4.25. The highest BCUT2D eigenvalue weighted by atomic mass is 16.5. The van der Waals surface area contributed by atoms with E-state index in [9.17, 15) is 4.79 Å². The van der Waals surface area contributed by atoms with E-state index < -0.39 is 0 Å². The van der Waals surface area contributed by atoms with Crippen molar-refractivity contribution >= 4 is 22.6 Å². The van der Waals surface area contributed by atoms with Crippen LogP contribution in [-0.4, -0.2) is 20.3 Å². The molecule has 1 fully saturated rings. The number of nitrogens with zero attached hydrogens (tertiary/aromatic N) is 3. The van der Waals surface area contributed by atoms with Crippen LogP contribution in [0.3, 0.4) is 0 Å². The highest BCUT2D eigenvalue weighted by molar-refractivity contribution is 6.00. The molecule has 2 heterocycles. The van der Waals surface area contributed by atoms with Gasteiger partial charge in [0.2, 0.25) is 0 Å². The molecule has 0 amide bonds. The van der Waals surface area contributed by atoms with Gasteiger partial charge in [-0.2, -0.15) is 0 Å². The summed E-state index contributed by atoms with van der Waals surface area (Å²) in [7, 11) is 0. The van der Waals surface area contributed by atoms with E-state index in [2.05, 4.69) is 20.7 Å². The van der Waals surface area contributed by atoms with Gasteiger partial charge in [-0.3, -0.25) is 4.79 Å². The standard InChI is InChI=1S/C25H24N4O2/c1-16(30)19-10-20(11-19)29-13-22(23-24(26)27-15-28-25(23)29)18-8-5-9-21(12-18)31-14-17-6-3-2-4-7-17/h2-9,12-13,15,19-20H,10-11,14H2,1H3,(H2,26,27,28). The topological polar surface area (TPSA) is 83.0 Å². The minimum Gasteiger partial charge on any atom is -0.489 e. The summed E-state index contributed by atoms with van der Waals surface area (Å²) in [5.74, 6) is 1.64. The molecule has 1 aliphatic rings. The summed E-state index contributed by atoms with van der Waals surface area (Å²) in [5.41, 5.74) is 10.2. The molecule has 0 radical (unpaired) electrons. The molecule has 4 aromatic rings. The van der Waals surface area contributed by atoms with Gasteiger partial charge in [0.05, 0.1) is 5.39 Å². The van der Waals surface area contributed by atoms with Crippen LogP contribution < -0.4 is 10.5 Å². The molecule has 6 nitrogen and oxygen atoms in total. The van der Waals surface area contributed by atoms with Gasteiger partial charge in [0.15, 0.2) is 0 Å². The number of aromatic nitrogens is 3. The summed E-state index contributed by atoms with van der Waals surface area (Å²) in [4.78, 5) is 20.4. The van der Waals surface area contributed by atoms with E-state index in [4.69, 9.17) is 10.5 Å². The number of nitrogens with two attached hydrogens (primary N) is 1. The van der Waals surface area contributed by atoms with Crippen molar-refractivity contribution in [1.29, 1.82) is 0 Å². The zero-order chi connectivity index (χ0) is 21.4. The lowest BCUT2D eigenvalue weighted by atomic mass is 9.78. The number of nitrogen functional groups attached to an aromatic ring is 1. The van der Waals surface area contributed by atoms with Gasteiger partial charge < -0.3 is 15.0 Å². The minimum absolute atomic E-state index is 0.139. The number of fused-ring (bicyclic) bond motifs is 1. The summed E-state index contributed by atoms with van der Waals surface area (Å²) in [6.45, 7) is 2.17. The Hall–Kier alpha value is -3.67. The summed E-state index contributed by atoms with van der Waals surface area (Å²) in [5, 5.41) is 0.842. The van der Waals surface area contributed by atoms with Crippen LogP contribution in [0.5, 0.6) is 5.75 Å². The van der Waals surface area contributed by atoms with E-state index in [0.29, 0.717) is 12.4 Å². The van der Waals surface area contributed by atoms with Crippen LogP contribution in [0.1, 0.15) is 31.4 Å². The third kappa shape index (κ3) is 3.65. The van der Waals surface area contributed by atoms with E-state index in [-0.39, 0.29) is 17.7 Å². The molecule has 2 aromatic carbocycles. The van der Waals surface area contributed by atoms with Crippen LogP contribution >= 0.6 is 0 Å². The third-order valence-corrected chi connectivity index (χ3v) is 6.11. The Balaban J connectivity index is 1.48. The molecule has 31 heavy (non-hydrogen) atoms. The Labute approximate surface area is 180 Å². The van der Waals surface area contributed by atoms with Gasteiger partial charge in [0, 0.05) is 23.7 Å². The number of rotatable bonds is 6. The molecule has 1 saturated carbocycles. The number of anilines is 1. The number of carbonyl (C=O) groups is 1. The second-order valence-electron chi connectivity index (χ2n) is 8.14. The molecular weight excluding hydrogens is 388 g/mol. The maximum Gasteiger partial charge on any atom is 0.146 e. The molecule has 0 spiro atoms. The first-order valence-corrected chi connectivity index (χ1v) is 10.5. The lowest BCUT2D eigenvalue weighted by Gasteiger charge is -2.34. The average Bonchev–Trinajstić information content (AvgIpc) is 3.13. The molecule has 2 N–H and O–H groups in total. The van der Waals surface area contributed by atoms with Crippen molar-refractivity contribution in [3.63, 3.8) is 0 Å². The SMILES string of the molecule is CC(=O)C1CC(n2cc(-c3cccc(OCc4ccccc4)c3)c3c(N)ncnc32)C1. The van der Waals surface area contributed by atoms with Crippen molar-refractivity contribution in [2.45, 2.75) is 32.4 Å². The van der Waals surface area contributed by atoms with Crippen LogP contribution in [0, 0.1) is 5.92 Å². The Morgan fingerprint density at radius 3 is 2.71 bits per heavy atom. The molecule has 5 rings (SSSR count). The average molecular weight is 412 g/mol. The molecule has 0 atom stereocenters. The van der Waals surface area contributed by atoms with Gasteiger partial charge in [-0.05, 0) is 43.0 Å². The predicted molar refractivity (Wildman–Crippen MR) is 121 cm³/mol. The first-order valence-electron chi connectivity index (χ1n) is 10.5. The molecule has 156 valence electrons. The molecule has 0 bridgehead atoms. The van der Waals surface area contributed by atoms with Crippen molar-refractivity contribution < 1.29 is 9.53 Å². The van der Waals surface area contributed by atoms with Crippen molar-refractivity contribution in [1.82, 2.24) is 14.5 Å². The predicted octanol–water partition coefficient (Wildman–Crippen LogP) is 4.80. The monoisotopic (exact) mass is 412 g/mol. The number of Topliss-reactive ketones (excluding diaryl/α,β-unsaturated/α-hetero) is 1. The second kappa shape index (κ2) is 7.87. The van der Waals surface area contributed by atoms with Crippen LogP contribution in [0.15, 0.2) is 67.1 Å². The molecular formula is C25H24N4O2. The summed E-state index contributed by atoms with van der Waals surface area (Å²) in [6.07, 6.45) is 5.26. The fourth-order valence-corrected chi connectivity index (χ4v) is 4.25. The van der Waals surface area contributed by atoms with Crippen molar-refractivity contribution in [2.24, 2.45) is 5.92 Å². The molecule has 1 aliphatic carbocycles.